The predicted octanol–water partition coefficient (Wildman–Crippen LogP) is -5.88. The lowest BCUT2D eigenvalue weighted by molar-refractivity contribution is -0.631. The minimum atomic E-state index is -1.88. The molecule has 0 aromatic rings. The van der Waals surface area contributed by atoms with Gasteiger partial charge >= 0.3 is 17.7 Å². The Morgan fingerprint density at radius 1 is 1.38 bits per heavy atom. The maximum Gasteiger partial charge on any atom is 0.347 e. The van der Waals surface area contributed by atoms with Gasteiger partial charge in [0.15, 0.2) is 0 Å². The summed E-state index contributed by atoms with van der Waals surface area (Å²) in [5.41, 5.74) is -1.88. The van der Waals surface area contributed by atoms with Gasteiger partial charge in [0.05, 0.1) is 0 Å². The molecular weight excluding hydrogens is 238 g/mol. The lowest BCUT2D eigenvalue weighted by Crippen LogP contribution is -3.04. The van der Waals surface area contributed by atoms with Crippen molar-refractivity contribution in [1.82, 2.24) is 9.80 Å². The van der Waals surface area contributed by atoms with Crippen molar-refractivity contribution in [1.29, 1.82) is 0 Å². The fraction of sp³-hybridized carbons (Fsp3) is 0.429. The smallest absolute Gasteiger partial charge is 0.347 e. The number of aliphatic hydroxyl groups is 1. The van der Waals surface area contributed by atoms with E-state index in [-0.39, 0.29) is 18.2 Å². The maximum atomic E-state index is 11.7. The van der Waals surface area contributed by atoms with Gasteiger partial charge < -0.3 is 17.5 Å². The minimum absolute atomic E-state index is 0. The van der Waals surface area contributed by atoms with E-state index in [1.165, 1.54) is 25.8 Å². The van der Waals surface area contributed by atoms with Gasteiger partial charge in [0, 0.05) is 14.1 Å². The molecule has 2 rings (SSSR count). The SMILES string of the molecule is CN1C(=O)N(C)C2=NN=C[NH2+]C2(O)C1=O.[Cl-]. The number of imide groups is 1. The van der Waals surface area contributed by atoms with Crippen molar-refractivity contribution in [2.24, 2.45) is 10.2 Å². The van der Waals surface area contributed by atoms with Crippen LogP contribution in [0.2, 0.25) is 0 Å². The third kappa shape index (κ3) is 1.39. The maximum absolute atomic E-state index is 11.7. The molecule has 0 spiro atoms. The third-order valence-corrected chi connectivity index (χ3v) is 2.40. The number of nitrogens with two attached hydrogens (primary N) is 1. The number of carbonyl (C=O) groups excluding carboxylic acids is 2. The van der Waals surface area contributed by atoms with Gasteiger partial charge in [-0.1, -0.05) is 5.10 Å². The van der Waals surface area contributed by atoms with Gasteiger partial charge in [-0.25, -0.2) is 4.79 Å². The van der Waals surface area contributed by atoms with E-state index in [4.69, 9.17) is 0 Å². The molecule has 2 aliphatic heterocycles. The number of quaternary nitrogens is 1. The highest BCUT2D eigenvalue weighted by Crippen LogP contribution is 2.16. The summed E-state index contributed by atoms with van der Waals surface area (Å²) in [5.74, 6) is -0.798. The largest absolute Gasteiger partial charge is 1.00 e. The Labute approximate surface area is 97.0 Å². The van der Waals surface area contributed by atoms with Crippen molar-refractivity contribution in [2.45, 2.75) is 5.72 Å². The number of nitrogens with zero attached hydrogens (tertiary/aromatic N) is 4. The molecule has 0 saturated carbocycles. The average molecular weight is 248 g/mol. The van der Waals surface area contributed by atoms with Gasteiger partial charge in [-0.3, -0.25) is 19.9 Å². The minimum Gasteiger partial charge on any atom is -1.00 e. The first-order chi connectivity index (χ1) is 6.98. The highest BCUT2D eigenvalue weighted by atomic mass is 35.5. The Hall–Kier alpha value is -1.51. The summed E-state index contributed by atoms with van der Waals surface area (Å²) in [5, 5.41) is 18.4. The molecule has 1 atom stereocenters. The second-order valence-electron chi connectivity index (χ2n) is 3.33. The Bertz CT molecular complexity index is 409. The second kappa shape index (κ2) is 3.81. The van der Waals surface area contributed by atoms with Crippen molar-refractivity contribution in [3.8, 4) is 0 Å². The second-order valence-corrected chi connectivity index (χ2v) is 3.33. The number of amidine groups is 1. The van der Waals surface area contributed by atoms with Crippen LogP contribution in [0.25, 0.3) is 0 Å². The van der Waals surface area contributed by atoms with E-state index < -0.39 is 17.7 Å². The molecule has 88 valence electrons. The fourth-order valence-corrected chi connectivity index (χ4v) is 1.53. The summed E-state index contributed by atoms with van der Waals surface area (Å²) >= 11 is 0. The summed E-state index contributed by atoms with van der Waals surface area (Å²) in [6.45, 7) is 0. The highest BCUT2D eigenvalue weighted by Gasteiger charge is 2.57. The highest BCUT2D eigenvalue weighted by molar-refractivity contribution is 6.21. The van der Waals surface area contributed by atoms with E-state index in [2.05, 4.69) is 10.2 Å². The summed E-state index contributed by atoms with van der Waals surface area (Å²) in [4.78, 5) is 25.1. The lowest BCUT2D eigenvalue weighted by Gasteiger charge is -2.37. The molecule has 0 aliphatic carbocycles. The molecule has 1 fully saturated rings. The summed E-state index contributed by atoms with van der Waals surface area (Å²) in [6, 6.07) is -0.547. The van der Waals surface area contributed by atoms with Crippen LogP contribution in [-0.2, 0) is 4.79 Å². The van der Waals surface area contributed by atoms with Gasteiger partial charge in [0.1, 0.15) is 0 Å². The zero-order chi connectivity index (χ0) is 11.2. The van der Waals surface area contributed by atoms with Gasteiger partial charge in [-0.05, 0) is 0 Å². The molecular formula is C7H10ClN5O3. The quantitative estimate of drug-likeness (QED) is 0.446. The van der Waals surface area contributed by atoms with Crippen LogP contribution in [0.3, 0.4) is 0 Å². The Morgan fingerprint density at radius 3 is 2.62 bits per heavy atom. The number of hydrogen-bond donors (Lipinski definition) is 2. The van der Waals surface area contributed by atoms with Gasteiger partial charge in [0.2, 0.25) is 12.2 Å². The van der Waals surface area contributed by atoms with E-state index in [1.54, 1.807) is 0 Å². The number of likely N-dealkylation sites (N-methyl/N-ethyl adjacent to an activating group) is 2. The normalized spacial score (nSPS) is 28.6. The molecule has 0 aromatic carbocycles. The van der Waals surface area contributed by atoms with E-state index in [1.807, 2.05) is 0 Å². The molecule has 1 saturated heterocycles. The molecule has 8 nitrogen and oxygen atoms in total. The van der Waals surface area contributed by atoms with Crippen molar-refractivity contribution >= 4 is 24.1 Å². The van der Waals surface area contributed by atoms with Crippen LogP contribution in [0, 0.1) is 0 Å². The number of carbonyl (C=O) groups is 2. The van der Waals surface area contributed by atoms with Gasteiger partial charge in [-0.2, -0.15) is 0 Å². The van der Waals surface area contributed by atoms with Crippen LogP contribution in [0.1, 0.15) is 0 Å². The Balaban J connectivity index is 0.00000128. The molecule has 0 bridgehead atoms. The van der Waals surface area contributed by atoms with Crippen molar-refractivity contribution < 1.29 is 32.4 Å². The molecule has 9 heteroatoms. The summed E-state index contributed by atoms with van der Waals surface area (Å²) in [6.07, 6.45) is 1.22. The van der Waals surface area contributed by atoms with E-state index in [0.717, 1.165) is 9.80 Å². The van der Waals surface area contributed by atoms with E-state index >= 15 is 0 Å². The van der Waals surface area contributed by atoms with Crippen molar-refractivity contribution in [3.05, 3.63) is 0 Å². The van der Waals surface area contributed by atoms with E-state index in [0.29, 0.717) is 0 Å². The Morgan fingerprint density at radius 2 is 2.00 bits per heavy atom. The van der Waals surface area contributed by atoms with Crippen molar-refractivity contribution in [2.75, 3.05) is 14.1 Å². The van der Waals surface area contributed by atoms with Crippen LogP contribution in [0.5, 0.6) is 0 Å². The zero-order valence-electron chi connectivity index (χ0n) is 8.59. The molecule has 3 amide bonds. The number of fused-ring (bicyclic) bond motifs is 1. The molecule has 16 heavy (non-hydrogen) atoms. The number of urea groups is 1. The van der Waals surface area contributed by atoms with Crippen LogP contribution >= 0.6 is 0 Å². The zero-order valence-corrected chi connectivity index (χ0v) is 9.34. The lowest BCUT2D eigenvalue weighted by atomic mass is 10.1. The van der Waals surface area contributed by atoms with Crippen LogP contribution in [-0.4, -0.2) is 58.8 Å². The number of halogens is 1. The summed E-state index contributed by atoms with van der Waals surface area (Å²) < 4.78 is 0. The summed E-state index contributed by atoms with van der Waals surface area (Å²) in [7, 11) is 2.72. The molecule has 3 N–H and O–H groups in total. The monoisotopic (exact) mass is 247 g/mol. The average Bonchev–Trinajstić information content (AvgIpc) is 2.24. The molecule has 2 heterocycles. The topological polar surface area (TPSA) is 102 Å². The molecule has 0 radical (unpaired) electrons. The number of rotatable bonds is 0. The van der Waals surface area contributed by atoms with Crippen LogP contribution in [0.15, 0.2) is 10.2 Å². The predicted molar refractivity (Wildman–Crippen MR) is 48.7 cm³/mol. The fourth-order valence-electron chi connectivity index (χ4n) is 1.53. The molecule has 0 aromatic heterocycles. The molecule has 1 unspecified atom stereocenters. The number of hydrogen-bond acceptors (Lipinski definition) is 5. The first-order valence-electron chi connectivity index (χ1n) is 4.22. The van der Waals surface area contributed by atoms with E-state index in [9.17, 15) is 14.7 Å². The Kier molecular flexibility index (Phi) is 2.99. The van der Waals surface area contributed by atoms with Crippen LogP contribution < -0.4 is 17.7 Å². The number of amides is 3. The van der Waals surface area contributed by atoms with Crippen molar-refractivity contribution in [3.63, 3.8) is 0 Å². The van der Waals surface area contributed by atoms with Gasteiger partial charge in [0.25, 0.3) is 0 Å². The first kappa shape index (κ1) is 12.6. The first-order valence-corrected chi connectivity index (χ1v) is 4.22. The molecule has 2 aliphatic rings. The standard InChI is InChI=1S/C7H9N5O3.ClH/c1-11-4-7(15,8-3-9-10-4)5(13)12(2)6(11)14;/h3,15H,1-2H3,(H,8,9);1H. The third-order valence-electron chi connectivity index (χ3n) is 2.40. The van der Waals surface area contributed by atoms with Gasteiger partial charge in [-0.15, -0.1) is 5.10 Å². The van der Waals surface area contributed by atoms with Crippen LogP contribution in [0.4, 0.5) is 4.79 Å².